The van der Waals surface area contributed by atoms with Crippen molar-refractivity contribution in [3.63, 3.8) is 0 Å². The number of ether oxygens (including phenoxy) is 1. The van der Waals surface area contributed by atoms with Crippen LogP contribution >= 0.6 is 0 Å². The van der Waals surface area contributed by atoms with E-state index in [2.05, 4.69) is 0 Å². The van der Waals surface area contributed by atoms with Crippen LogP contribution in [-0.4, -0.2) is 34.6 Å². The van der Waals surface area contributed by atoms with Crippen LogP contribution in [0.3, 0.4) is 0 Å². The zero-order valence-corrected chi connectivity index (χ0v) is 13.8. The molecule has 7 heteroatoms. The van der Waals surface area contributed by atoms with Gasteiger partial charge in [0.05, 0.1) is 11.3 Å². The van der Waals surface area contributed by atoms with Gasteiger partial charge >= 0.3 is 5.97 Å². The van der Waals surface area contributed by atoms with Gasteiger partial charge in [-0.15, -0.1) is 0 Å². The van der Waals surface area contributed by atoms with E-state index >= 15 is 0 Å². The van der Waals surface area contributed by atoms with Crippen LogP contribution in [0.25, 0.3) is 0 Å². The van der Waals surface area contributed by atoms with E-state index in [9.17, 15) is 13.2 Å². The van der Waals surface area contributed by atoms with Gasteiger partial charge < -0.3 is 9.64 Å². The second-order valence-electron chi connectivity index (χ2n) is 5.48. The molecule has 1 unspecified atom stereocenters. The van der Waals surface area contributed by atoms with Crippen LogP contribution in [0.2, 0.25) is 0 Å². The predicted molar refractivity (Wildman–Crippen MR) is 81.9 cm³/mol. The van der Waals surface area contributed by atoms with Crippen LogP contribution in [0.5, 0.6) is 0 Å². The van der Waals surface area contributed by atoms with E-state index in [1.165, 1.54) is 18.2 Å². The van der Waals surface area contributed by atoms with Crippen molar-refractivity contribution >= 4 is 21.7 Å². The Morgan fingerprint density at radius 2 is 1.81 bits per heavy atom. The normalized spacial score (nSPS) is 13.1. The number of esters is 1. The molecule has 0 radical (unpaired) electrons. The first kappa shape index (κ1) is 17.5. The van der Waals surface area contributed by atoms with Gasteiger partial charge in [0.1, 0.15) is 11.0 Å². The molecule has 0 bridgehead atoms. The van der Waals surface area contributed by atoms with Crippen molar-refractivity contribution in [2.75, 3.05) is 19.0 Å². The largest absolute Gasteiger partial charge is 0.459 e. The quantitative estimate of drug-likeness (QED) is 0.834. The van der Waals surface area contributed by atoms with E-state index < -0.39 is 16.0 Å². The third kappa shape index (κ3) is 4.44. The molecule has 0 saturated heterocycles. The fraction of sp³-hybridized carbons (Fsp3) is 0.500. The molecule has 0 aliphatic heterocycles. The van der Waals surface area contributed by atoms with Gasteiger partial charge in [0.25, 0.3) is 0 Å². The SMILES string of the molecule is CC(C)C(C)OC(=O)c1ccc(N(C)C)c(S(N)(=O)=O)c1. The van der Waals surface area contributed by atoms with Crippen molar-refractivity contribution in [1.29, 1.82) is 0 Å². The molecule has 0 amide bonds. The van der Waals surface area contributed by atoms with Gasteiger partial charge in [-0.25, -0.2) is 18.4 Å². The summed E-state index contributed by atoms with van der Waals surface area (Å²) in [6.07, 6.45) is -0.260. The number of sulfonamides is 1. The highest BCUT2D eigenvalue weighted by atomic mass is 32.2. The smallest absolute Gasteiger partial charge is 0.338 e. The van der Waals surface area contributed by atoms with E-state index in [4.69, 9.17) is 9.88 Å². The van der Waals surface area contributed by atoms with Crippen LogP contribution in [0, 0.1) is 5.92 Å². The Morgan fingerprint density at radius 3 is 2.24 bits per heavy atom. The summed E-state index contributed by atoms with van der Waals surface area (Å²) < 4.78 is 28.6. The lowest BCUT2D eigenvalue weighted by Crippen LogP contribution is -2.22. The van der Waals surface area contributed by atoms with Crippen LogP contribution in [0.1, 0.15) is 31.1 Å². The number of primary sulfonamides is 1. The number of nitrogens with zero attached hydrogens (tertiary/aromatic N) is 1. The first-order chi connectivity index (χ1) is 9.54. The van der Waals surface area contributed by atoms with Crippen molar-refractivity contribution < 1.29 is 17.9 Å². The first-order valence-electron chi connectivity index (χ1n) is 6.59. The zero-order valence-electron chi connectivity index (χ0n) is 13.0. The third-order valence-corrected chi connectivity index (χ3v) is 4.16. The summed E-state index contributed by atoms with van der Waals surface area (Å²) in [7, 11) is -0.534. The Morgan fingerprint density at radius 1 is 1.24 bits per heavy atom. The topological polar surface area (TPSA) is 89.7 Å². The van der Waals surface area contributed by atoms with E-state index in [1.54, 1.807) is 25.9 Å². The summed E-state index contributed by atoms with van der Waals surface area (Å²) in [5, 5.41) is 5.21. The average Bonchev–Trinajstić information content (AvgIpc) is 2.36. The molecule has 1 aromatic carbocycles. The Bertz CT molecular complexity index is 624. The molecule has 0 aliphatic rings. The number of hydrogen-bond acceptors (Lipinski definition) is 5. The van der Waals surface area contributed by atoms with Crippen molar-refractivity contribution in [3.05, 3.63) is 23.8 Å². The molecule has 1 rings (SSSR count). The number of nitrogens with two attached hydrogens (primary N) is 1. The summed E-state index contributed by atoms with van der Waals surface area (Å²) in [5.41, 5.74) is 0.586. The van der Waals surface area contributed by atoms with E-state index in [-0.39, 0.29) is 22.5 Å². The van der Waals surface area contributed by atoms with E-state index in [0.29, 0.717) is 5.69 Å². The maximum Gasteiger partial charge on any atom is 0.338 e. The molecule has 0 aliphatic carbocycles. The highest BCUT2D eigenvalue weighted by molar-refractivity contribution is 7.89. The number of benzene rings is 1. The Labute approximate surface area is 125 Å². The lowest BCUT2D eigenvalue weighted by Gasteiger charge is -2.19. The maximum absolute atomic E-state index is 12.0. The number of hydrogen-bond donors (Lipinski definition) is 1. The van der Waals surface area contributed by atoms with Crippen molar-refractivity contribution in [2.24, 2.45) is 11.1 Å². The summed E-state index contributed by atoms with van der Waals surface area (Å²) in [6, 6.07) is 4.32. The van der Waals surface area contributed by atoms with Gasteiger partial charge in [0.15, 0.2) is 0 Å². The van der Waals surface area contributed by atoms with Gasteiger partial charge in [-0.05, 0) is 31.0 Å². The molecule has 2 N–H and O–H groups in total. The Balaban J connectivity index is 3.20. The van der Waals surface area contributed by atoms with Crippen molar-refractivity contribution in [1.82, 2.24) is 0 Å². The molecular weight excluding hydrogens is 292 g/mol. The summed E-state index contributed by atoms with van der Waals surface area (Å²) >= 11 is 0. The van der Waals surface area contributed by atoms with Gasteiger partial charge in [0, 0.05) is 14.1 Å². The predicted octanol–water partition coefficient (Wildman–Crippen LogP) is 1.60. The molecule has 118 valence electrons. The maximum atomic E-state index is 12.0. The van der Waals surface area contributed by atoms with Gasteiger partial charge in [-0.3, -0.25) is 0 Å². The third-order valence-electron chi connectivity index (χ3n) is 3.22. The number of carbonyl (C=O) groups excluding carboxylic acids is 1. The summed E-state index contributed by atoms with van der Waals surface area (Å²) in [4.78, 5) is 13.6. The average molecular weight is 314 g/mol. The minimum Gasteiger partial charge on any atom is -0.459 e. The Hall–Kier alpha value is -1.60. The molecular formula is C14H22N2O4S. The summed E-state index contributed by atoms with van der Waals surface area (Å²) in [5.74, 6) is -0.390. The second-order valence-corrected chi connectivity index (χ2v) is 7.01. The zero-order chi connectivity index (χ0) is 16.4. The molecule has 1 atom stereocenters. The molecule has 0 heterocycles. The molecule has 6 nitrogen and oxygen atoms in total. The molecule has 0 saturated carbocycles. The van der Waals surface area contributed by atoms with Crippen molar-refractivity contribution in [2.45, 2.75) is 31.8 Å². The van der Waals surface area contributed by atoms with Crippen molar-refractivity contribution in [3.8, 4) is 0 Å². The van der Waals surface area contributed by atoms with E-state index in [0.717, 1.165) is 0 Å². The van der Waals surface area contributed by atoms with Gasteiger partial charge in [0.2, 0.25) is 10.0 Å². The molecule has 0 aromatic heterocycles. The van der Waals surface area contributed by atoms with Crippen LogP contribution in [0.15, 0.2) is 23.1 Å². The standard InChI is InChI=1S/C14H22N2O4S/c1-9(2)10(3)20-14(17)11-6-7-12(16(4)5)13(8-11)21(15,18)19/h6-10H,1-5H3,(H2,15,18,19). The van der Waals surface area contributed by atoms with Crippen LogP contribution < -0.4 is 10.0 Å². The minimum atomic E-state index is -3.93. The van der Waals surface area contributed by atoms with E-state index in [1.807, 2.05) is 13.8 Å². The monoisotopic (exact) mass is 314 g/mol. The van der Waals surface area contributed by atoms with Gasteiger partial charge in [-0.1, -0.05) is 13.8 Å². The fourth-order valence-electron chi connectivity index (χ4n) is 1.61. The molecule has 0 fully saturated rings. The fourth-order valence-corrected chi connectivity index (χ4v) is 2.44. The second kappa shape index (κ2) is 6.44. The first-order valence-corrected chi connectivity index (χ1v) is 8.13. The lowest BCUT2D eigenvalue weighted by molar-refractivity contribution is 0.0238. The highest BCUT2D eigenvalue weighted by Crippen LogP contribution is 2.24. The van der Waals surface area contributed by atoms with Crippen LogP contribution in [0.4, 0.5) is 5.69 Å². The molecule has 21 heavy (non-hydrogen) atoms. The highest BCUT2D eigenvalue weighted by Gasteiger charge is 2.20. The molecule has 0 spiro atoms. The Kier molecular flexibility index (Phi) is 5.36. The van der Waals surface area contributed by atoms with Crippen LogP contribution in [-0.2, 0) is 14.8 Å². The number of rotatable bonds is 5. The number of anilines is 1. The minimum absolute atomic E-state index is 0.0980. The lowest BCUT2D eigenvalue weighted by atomic mass is 10.1. The summed E-state index contributed by atoms with van der Waals surface area (Å²) in [6.45, 7) is 5.66. The number of carbonyl (C=O) groups is 1. The van der Waals surface area contributed by atoms with Gasteiger partial charge in [-0.2, -0.15) is 0 Å². The molecule has 1 aromatic rings.